The van der Waals surface area contributed by atoms with Gasteiger partial charge in [0.15, 0.2) is 11.5 Å². The highest BCUT2D eigenvalue weighted by Crippen LogP contribution is 2.30. The van der Waals surface area contributed by atoms with E-state index >= 15 is 0 Å². The van der Waals surface area contributed by atoms with Crippen molar-refractivity contribution in [1.82, 2.24) is 10.2 Å². The number of hydrogen-bond acceptors (Lipinski definition) is 4. The van der Waals surface area contributed by atoms with E-state index in [1.165, 1.54) is 19.3 Å². The predicted molar refractivity (Wildman–Crippen MR) is 93.6 cm³/mol. The molecule has 0 radical (unpaired) electrons. The van der Waals surface area contributed by atoms with Crippen LogP contribution in [0.2, 0.25) is 0 Å². The van der Waals surface area contributed by atoms with Crippen molar-refractivity contribution in [3.05, 3.63) is 23.8 Å². The highest BCUT2D eigenvalue weighted by Gasteiger charge is 2.18. The third-order valence-electron chi connectivity index (χ3n) is 4.76. The zero-order valence-corrected chi connectivity index (χ0v) is 14.6. The van der Waals surface area contributed by atoms with Gasteiger partial charge in [-0.3, -0.25) is 4.79 Å². The van der Waals surface area contributed by atoms with Crippen LogP contribution in [0.5, 0.6) is 11.5 Å². The van der Waals surface area contributed by atoms with Crippen molar-refractivity contribution < 1.29 is 14.3 Å². The predicted octanol–water partition coefficient (Wildman–Crippen LogP) is 2.38. The maximum absolute atomic E-state index is 12.4. The largest absolute Gasteiger partial charge is 0.486 e. The number of rotatable bonds is 6. The summed E-state index contributed by atoms with van der Waals surface area (Å²) in [5, 5.41) is 3.19. The number of amides is 1. The van der Waals surface area contributed by atoms with Crippen molar-refractivity contribution in [2.75, 3.05) is 32.8 Å². The van der Waals surface area contributed by atoms with Gasteiger partial charge in [0.1, 0.15) is 13.2 Å². The van der Waals surface area contributed by atoms with Crippen molar-refractivity contribution in [2.45, 2.75) is 45.1 Å². The monoisotopic (exact) mass is 332 g/mol. The Labute approximate surface area is 144 Å². The van der Waals surface area contributed by atoms with E-state index in [1.54, 1.807) is 0 Å². The molecule has 3 rings (SSSR count). The average molecular weight is 332 g/mol. The second-order valence-electron chi connectivity index (χ2n) is 6.69. The fraction of sp³-hybridized carbons (Fsp3) is 0.632. The Bertz CT molecular complexity index is 556. The van der Waals surface area contributed by atoms with Gasteiger partial charge in [-0.1, -0.05) is 19.4 Å². The van der Waals surface area contributed by atoms with Crippen LogP contribution in [0.25, 0.3) is 0 Å². The molecule has 1 aromatic carbocycles. The Morgan fingerprint density at radius 3 is 2.67 bits per heavy atom. The van der Waals surface area contributed by atoms with Gasteiger partial charge in [-0.25, -0.2) is 0 Å². The maximum Gasteiger partial charge on any atom is 0.224 e. The highest BCUT2D eigenvalue weighted by atomic mass is 16.6. The van der Waals surface area contributed by atoms with Gasteiger partial charge in [0, 0.05) is 12.6 Å². The molecule has 0 aliphatic carbocycles. The molecule has 1 atom stereocenters. The van der Waals surface area contributed by atoms with Gasteiger partial charge in [-0.15, -0.1) is 0 Å². The molecule has 1 N–H and O–H groups in total. The molecule has 2 aliphatic rings. The zero-order chi connectivity index (χ0) is 16.8. The number of likely N-dealkylation sites (tertiary alicyclic amines) is 1. The molecule has 0 spiro atoms. The molecular formula is C19H28N2O3. The molecule has 2 heterocycles. The number of carbonyl (C=O) groups is 1. The molecular weight excluding hydrogens is 304 g/mol. The van der Waals surface area contributed by atoms with Crippen LogP contribution >= 0.6 is 0 Å². The molecule has 0 saturated carbocycles. The fourth-order valence-electron chi connectivity index (χ4n) is 3.39. The second kappa shape index (κ2) is 8.38. The topological polar surface area (TPSA) is 50.8 Å². The van der Waals surface area contributed by atoms with Crippen molar-refractivity contribution in [3.63, 3.8) is 0 Å². The molecule has 24 heavy (non-hydrogen) atoms. The van der Waals surface area contributed by atoms with Gasteiger partial charge in [-0.2, -0.15) is 0 Å². The Balaban J connectivity index is 1.52. The van der Waals surface area contributed by atoms with Gasteiger partial charge >= 0.3 is 0 Å². The van der Waals surface area contributed by atoms with E-state index in [1.807, 2.05) is 18.2 Å². The minimum Gasteiger partial charge on any atom is -0.486 e. The summed E-state index contributed by atoms with van der Waals surface area (Å²) in [6.07, 6.45) is 5.24. The summed E-state index contributed by atoms with van der Waals surface area (Å²) in [4.78, 5) is 14.9. The lowest BCUT2D eigenvalue weighted by molar-refractivity contribution is -0.121. The van der Waals surface area contributed by atoms with Crippen molar-refractivity contribution >= 4 is 5.91 Å². The van der Waals surface area contributed by atoms with Crippen LogP contribution in [0.3, 0.4) is 0 Å². The zero-order valence-electron chi connectivity index (χ0n) is 14.6. The third-order valence-corrected chi connectivity index (χ3v) is 4.76. The standard InChI is InChI=1S/C19H28N2O3/c1-2-16(14-21-8-4-3-5-9-21)20-19(22)13-15-6-7-17-18(12-15)24-11-10-23-17/h6-7,12,16H,2-5,8-11,13-14H2,1H3,(H,20,22)/t16-/m0/s1. The first-order valence-electron chi connectivity index (χ1n) is 9.15. The van der Waals surface area contributed by atoms with Crippen LogP contribution in [0.4, 0.5) is 0 Å². The smallest absolute Gasteiger partial charge is 0.224 e. The number of hydrogen-bond donors (Lipinski definition) is 1. The van der Waals surface area contributed by atoms with E-state index in [0.717, 1.165) is 43.1 Å². The Hall–Kier alpha value is -1.75. The van der Waals surface area contributed by atoms with Crippen molar-refractivity contribution in [3.8, 4) is 11.5 Å². The molecule has 1 saturated heterocycles. The lowest BCUT2D eigenvalue weighted by Crippen LogP contribution is -2.45. The summed E-state index contributed by atoms with van der Waals surface area (Å²) < 4.78 is 11.1. The first kappa shape index (κ1) is 17.1. The lowest BCUT2D eigenvalue weighted by Gasteiger charge is -2.30. The van der Waals surface area contributed by atoms with E-state index < -0.39 is 0 Å². The molecule has 132 valence electrons. The normalized spacial score (nSPS) is 18.9. The summed E-state index contributed by atoms with van der Waals surface area (Å²) in [6.45, 7) is 6.57. The van der Waals surface area contributed by atoms with Crippen LogP contribution < -0.4 is 14.8 Å². The summed E-state index contributed by atoms with van der Waals surface area (Å²) in [5.41, 5.74) is 0.963. The number of carbonyl (C=O) groups excluding carboxylic acids is 1. The van der Waals surface area contributed by atoms with E-state index in [9.17, 15) is 4.79 Å². The van der Waals surface area contributed by atoms with E-state index in [2.05, 4.69) is 17.1 Å². The lowest BCUT2D eigenvalue weighted by atomic mass is 10.1. The second-order valence-corrected chi connectivity index (χ2v) is 6.69. The number of ether oxygens (including phenoxy) is 2. The number of piperidine rings is 1. The fourth-order valence-corrected chi connectivity index (χ4v) is 3.39. The molecule has 5 heteroatoms. The maximum atomic E-state index is 12.4. The first-order chi connectivity index (χ1) is 11.7. The average Bonchev–Trinajstić information content (AvgIpc) is 2.62. The Kier molecular flexibility index (Phi) is 5.96. The summed E-state index contributed by atoms with van der Waals surface area (Å²) in [7, 11) is 0. The molecule has 0 aromatic heterocycles. The van der Waals surface area contributed by atoms with Crippen LogP contribution in [0.15, 0.2) is 18.2 Å². The molecule has 1 fully saturated rings. The van der Waals surface area contributed by atoms with Crippen LogP contribution in [0.1, 0.15) is 38.2 Å². The first-order valence-corrected chi connectivity index (χ1v) is 9.15. The van der Waals surface area contributed by atoms with Gasteiger partial charge in [0.05, 0.1) is 6.42 Å². The van der Waals surface area contributed by atoms with Gasteiger partial charge in [0.2, 0.25) is 5.91 Å². The summed E-state index contributed by atoms with van der Waals surface area (Å²) in [5.74, 6) is 1.59. The Morgan fingerprint density at radius 2 is 1.92 bits per heavy atom. The molecule has 0 bridgehead atoms. The number of benzene rings is 1. The Morgan fingerprint density at radius 1 is 1.17 bits per heavy atom. The molecule has 5 nitrogen and oxygen atoms in total. The minimum atomic E-state index is 0.0792. The molecule has 1 aromatic rings. The summed E-state index contributed by atoms with van der Waals surface area (Å²) >= 11 is 0. The van der Waals surface area contributed by atoms with Crippen LogP contribution in [-0.2, 0) is 11.2 Å². The minimum absolute atomic E-state index is 0.0792. The third kappa shape index (κ3) is 4.63. The van der Waals surface area contributed by atoms with Crippen molar-refractivity contribution in [1.29, 1.82) is 0 Å². The van der Waals surface area contributed by atoms with Crippen LogP contribution in [0, 0.1) is 0 Å². The molecule has 0 unspecified atom stereocenters. The molecule has 2 aliphatic heterocycles. The number of nitrogens with zero attached hydrogens (tertiary/aromatic N) is 1. The van der Waals surface area contributed by atoms with Crippen LogP contribution in [-0.4, -0.2) is 49.7 Å². The summed E-state index contributed by atoms with van der Waals surface area (Å²) in [6, 6.07) is 5.98. The van der Waals surface area contributed by atoms with E-state index in [0.29, 0.717) is 19.6 Å². The number of nitrogens with one attached hydrogen (secondary N) is 1. The van der Waals surface area contributed by atoms with Crippen molar-refractivity contribution in [2.24, 2.45) is 0 Å². The number of fused-ring (bicyclic) bond motifs is 1. The van der Waals surface area contributed by atoms with Gasteiger partial charge < -0.3 is 19.7 Å². The van der Waals surface area contributed by atoms with E-state index in [4.69, 9.17) is 9.47 Å². The van der Waals surface area contributed by atoms with E-state index in [-0.39, 0.29) is 11.9 Å². The molecule has 1 amide bonds. The van der Waals surface area contributed by atoms with Gasteiger partial charge in [-0.05, 0) is 50.0 Å². The quantitative estimate of drug-likeness (QED) is 0.869. The SMILES string of the molecule is CC[C@@H](CN1CCCCC1)NC(=O)Cc1ccc2c(c1)OCCO2. The highest BCUT2D eigenvalue weighted by molar-refractivity contribution is 5.79. The van der Waals surface area contributed by atoms with Gasteiger partial charge in [0.25, 0.3) is 0 Å².